The quantitative estimate of drug-likeness (QED) is 0.198. The van der Waals surface area contributed by atoms with Crippen LogP contribution in [0.2, 0.25) is 0 Å². The average molecular weight is 605 g/mol. The van der Waals surface area contributed by atoms with Crippen LogP contribution in [0.3, 0.4) is 0 Å². The van der Waals surface area contributed by atoms with Gasteiger partial charge in [-0.2, -0.15) is 26.3 Å². The highest BCUT2D eigenvalue weighted by Gasteiger charge is 2.45. The second-order valence-electron chi connectivity index (χ2n) is 10.9. The van der Waals surface area contributed by atoms with Crippen LogP contribution in [-0.2, 0) is 28.5 Å². The minimum atomic E-state index is -5.18. The van der Waals surface area contributed by atoms with Crippen molar-refractivity contribution < 1.29 is 41.0 Å². The molecule has 2 aromatic heterocycles. The van der Waals surface area contributed by atoms with Gasteiger partial charge in [-0.3, -0.25) is 14.9 Å². The van der Waals surface area contributed by atoms with Crippen molar-refractivity contribution in [1.29, 1.82) is 0 Å². The molecule has 0 radical (unpaired) electrons. The number of rotatable bonds is 6. The molecule has 0 bridgehead atoms. The number of β-amino-alcohol motifs (C(OH)–C–C–N with tert-alkyl or cyclic N) is 1. The van der Waals surface area contributed by atoms with E-state index >= 15 is 13.2 Å². The van der Waals surface area contributed by atoms with Gasteiger partial charge >= 0.3 is 12.4 Å². The highest BCUT2D eigenvalue weighted by atomic mass is 19.4. The Balaban J connectivity index is 1.62. The Morgan fingerprint density at radius 1 is 0.837 bits per heavy atom. The first-order chi connectivity index (χ1) is 20.3. The fraction of sp³-hybridized carbons (Fsp3) is 0.333. The molecule has 13 heteroatoms. The lowest BCUT2D eigenvalue weighted by molar-refractivity contribution is -0.144. The summed E-state index contributed by atoms with van der Waals surface area (Å²) in [6.07, 6.45) is -7.30. The van der Waals surface area contributed by atoms with Gasteiger partial charge in [0.25, 0.3) is 11.8 Å². The van der Waals surface area contributed by atoms with Crippen molar-refractivity contribution in [1.82, 2.24) is 19.8 Å². The molecule has 0 saturated carbocycles. The lowest BCUT2D eigenvalue weighted by Gasteiger charge is -2.29. The van der Waals surface area contributed by atoms with E-state index in [0.717, 1.165) is 25.3 Å². The van der Waals surface area contributed by atoms with E-state index in [-0.39, 0.29) is 23.1 Å². The molecule has 0 spiro atoms. The molecule has 1 unspecified atom stereocenters. The molecule has 226 valence electrons. The van der Waals surface area contributed by atoms with E-state index in [1.54, 1.807) is 24.3 Å². The van der Waals surface area contributed by atoms with Gasteiger partial charge in [-0.1, -0.05) is 30.7 Å². The number of carbonyl (C=O) groups excluding carboxylic acids is 2. The lowest BCUT2D eigenvalue weighted by atomic mass is 9.93. The summed E-state index contributed by atoms with van der Waals surface area (Å²) in [5.41, 5.74) is -4.00. The summed E-state index contributed by atoms with van der Waals surface area (Å²) in [4.78, 5) is 31.2. The number of aliphatic hydroxyl groups excluding tert-OH is 1. The van der Waals surface area contributed by atoms with Gasteiger partial charge in [-0.05, 0) is 44.1 Å². The number of hydrogen-bond acceptors (Lipinski definition) is 4. The Hall–Kier alpha value is -4.10. The Morgan fingerprint density at radius 2 is 1.53 bits per heavy atom. The van der Waals surface area contributed by atoms with Crippen LogP contribution < -0.4 is 5.32 Å². The molecule has 1 fully saturated rings. The van der Waals surface area contributed by atoms with Crippen LogP contribution in [-0.4, -0.2) is 57.1 Å². The minimum absolute atomic E-state index is 0.0214. The van der Waals surface area contributed by atoms with E-state index < -0.39 is 64.7 Å². The Morgan fingerprint density at radius 3 is 2.23 bits per heavy atom. The van der Waals surface area contributed by atoms with Crippen LogP contribution in [0, 0.1) is 0 Å². The highest BCUT2D eigenvalue weighted by Crippen LogP contribution is 2.46. The normalized spacial score (nSPS) is 17.8. The summed E-state index contributed by atoms with van der Waals surface area (Å²) >= 11 is 0. The van der Waals surface area contributed by atoms with Gasteiger partial charge in [0.15, 0.2) is 0 Å². The molecule has 2 aliphatic rings. The maximum Gasteiger partial charge on any atom is 0.432 e. The molecule has 2 aliphatic heterocycles. The Kier molecular flexibility index (Phi) is 7.12. The third-order valence-corrected chi connectivity index (χ3v) is 8.01. The topological polar surface area (TPSA) is 90.4 Å². The van der Waals surface area contributed by atoms with Crippen molar-refractivity contribution in [2.45, 2.75) is 44.3 Å². The largest absolute Gasteiger partial charge is 0.432 e. The van der Waals surface area contributed by atoms with Gasteiger partial charge in [-0.15, -0.1) is 0 Å². The van der Waals surface area contributed by atoms with E-state index in [0.29, 0.717) is 40.7 Å². The number of aromatic amines is 1. The average Bonchev–Trinajstić information content (AvgIpc) is 3.59. The number of likely N-dealkylation sites (tertiary alicyclic amines) is 1. The van der Waals surface area contributed by atoms with Crippen LogP contribution in [0.1, 0.15) is 41.6 Å². The van der Waals surface area contributed by atoms with E-state index in [1.165, 1.54) is 6.20 Å². The fourth-order valence-electron chi connectivity index (χ4n) is 6.20. The number of imide groups is 1. The number of H-pyrrole nitrogens is 1. The molecule has 2 amide bonds. The molecular formula is C30H26F6N4O3. The standard InChI is InChI=1S/C30H26F6N4O3/c31-29(32,33)16-8-9-19-22(12-16)40(15-17(41)14-39-10-4-1-5-11-39)26(30(34,35)36)23(19)25-24(27(42)38-28(25)43)20-13-37-21-7-3-2-6-18(20)21/h2-3,6-9,12-13,17,37,41H,1,4-5,10-11,14-15H2,(H,38,42,43). The van der Waals surface area contributed by atoms with Gasteiger partial charge in [0, 0.05) is 45.7 Å². The van der Waals surface area contributed by atoms with Crippen molar-refractivity contribution in [2.75, 3.05) is 19.6 Å². The first-order valence-corrected chi connectivity index (χ1v) is 13.7. The number of benzene rings is 2. The number of alkyl halides is 6. The summed E-state index contributed by atoms with van der Waals surface area (Å²) in [6, 6.07) is 8.78. The number of hydrogen-bond donors (Lipinski definition) is 3. The number of carbonyl (C=O) groups is 2. The van der Waals surface area contributed by atoms with E-state index in [9.17, 15) is 27.9 Å². The predicted molar refractivity (Wildman–Crippen MR) is 147 cm³/mol. The monoisotopic (exact) mass is 604 g/mol. The fourth-order valence-corrected chi connectivity index (χ4v) is 6.20. The number of aliphatic hydroxyl groups is 1. The second kappa shape index (κ2) is 10.6. The van der Waals surface area contributed by atoms with Crippen LogP contribution in [0.5, 0.6) is 0 Å². The molecule has 1 atom stereocenters. The third-order valence-electron chi connectivity index (χ3n) is 8.01. The van der Waals surface area contributed by atoms with Crippen molar-refractivity contribution in [3.05, 3.63) is 71.0 Å². The van der Waals surface area contributed by atoms with Crippen LogP contribution in [0.25, 0.3) is 33.0 Å². The van der Waals surface area contributed by atoms with Crippen molar-refractivity contribution in [3.63, 3.8) is 0 Å². The summed E-state index contributed by atoms with van der Waals surface area (Å²) in [6.45, 7) is 0.617. The molecule has 4 heterocycles. The number of aromatic nitrogens is 2. The predicted octanol–water partition coefficient (Wildman–Crippen LogP) is 5.57. The summed E-state index contributed by atoms with van der Waals surface area (Å²) in [5.74, 6) is -2.04. The van der Waals surface area contributed by atoms with Gasteiger partial charge in [0.2, 0.25) is 0 Å². The molecule has 2 aromatic carbocycles. The second-order valence-corrected chi connectivity index (χ2v) is 10.9. The Bertz CT molecular complexity index is 1780. The molecule has 6 rings (SSSR count). The van der Waals surface area contributed by atoms with E-state index in [4.69, 9.17) is 0 Å². The Labute approximate surface area is 240 Å². The first-order valence-electron chi connectivity index (χ1n) is 13.7. The smallest absolute Gasteiger partial charge is 0.390 e. The van der Waals surface area contributed by atoms with E-state index in [2.05, 4.69) is 10.3 Å². The van der Waals surface area contributed by atoms with Crippen LogP contribution in [0.15, 0.2) is 48.7 Å². The zero-order valence-corrected chi connectivity index (χ0v) is 22.6. The number of nitrogens with zero attached hydrogens (tertiary/aromatic N) is 2. The molecule has 1 saturated heterocycles. The maximum atomic E-state index is 15.0. The highest BCUT2D eigenvalue weighted by molar-refractivity contribution is 6.51. The third kappa shape index (κ3) is 5.20. The summed E-state index contributed by atoms with van der Waals surface area (Å²) in [5, 5.41) is 13.2. The SMILES string of the molecule is O=C1NC(=O)C(c2c(C(F)(F)F)n(CC(O)CN3CCCCC3)c3cc(C(F)(F)F)ccc23)=C1c1c[nH]c2ccccc12. The number of piperidine rings is 1. The molecular weight excluding hydrogens is 578 g/mol. The zero-order chi connectivity index (χ0) is 30.7. The molecule has 4 aromatic rings. The summed E-state index contributed by atoms with van der Waals surface area (Å²) < 4.78 is 86.9. The van der Waals surface area contributed by atoms with Crippen molar-refractivity contribution in [2.24, 2.45) is 0 Å². The maximum absolute atomic E-state index is 15.0. The number of amides is 2. The van der Waals surface area contributed by atoms with Crippen molar-refractivity contribution >= 4 is 44.8 Å². The first kappa shape index (κ1) is 29.0. The van der Waals surface area contributed by atoms with Crippen molar-refractivity contribution in [3.8, 4) is 0 Å². The molecule has 43 heavy (non-hydrogen) atoms. The minimum Gasteiger partial charge on any atom is -0.390 e. The van der Waals surface area contributed by atoms with Crippen LogP contribution >= 0.6 is 0 Å². The number of fused-ring (bicyclic) bond motifs is 2. The van der Waals surface area contributed by atoms with Gasteiger partial charge in [0.1, 0.15) is 5.69 Å². The number of halogens is 6. The van der Waals surface area contributed by atoms with Gasteiger partial charge in [0.05, 0.1) is 29.4 Å². The molecule has 7 nitrogen and oxygen atoms in total. The van der Waals surface area contributed by atoms with Gasteiger partial charge in [-0.25, -0.2) is 0 Å². The molecule has 0 aliphatic carbocycles. The van der Waals surface area contributed by atoms with E-state index in [1.807, 2.05) is 4.90 Å². The zero-order valence-electron chi connectivity index (χ0n) is 22.6. The van der Waals surface area contributed by atoms with Crippen LogP contribution in [0.4, 0.5) is 26.3 Å². The number of nitrogens with one attached hydrogen (secondary N) is 2. The summed E-state index contributed by atoms with van der Waals surface area (Å²) in [7, 11) is 0. The van der Waals surface area contributed by atoms with Gasteiger partial charge < -0.3 is 19.6 Å². The lowest BCUT2D eigenvalue weighted by Crippen LogP contribution is -2.38. The number of para-hydroxylation sites is 1. The molecule has 3 N–H and O–H groups in total.